The molecule has 1 unspecified atom stereocenters. The topological polar surface area (TPSA) is 67.3 Å². The molecule has 1 N–H and O–H groups in total. The van der Waals surface area contributed by atoms with Crippen molar-refractivity contribution in [3.05, 3.63) is 35.7 Å². The van der Waals surface area contributed by atoms with Gasteiger partial charge >= 0.3 is 0 Å². The molecule has 0 aliphatic heterocycles. The maximum Gasteiger partial charge on any atom is 0.239 e. The maximum atomic E-state index is 12.1. The molecular formula is C18H26N4O2S. The predicted molar refractivity (Wildman–Crippen MR) is 101 cm³/mol. The van der Waals surface area contributed by atoms with Crippen LogP contribution in [0.4, 0.5) is 5.13 Å². The number of anilines is 1. The number of nitrogens with zero attached hydrogens (tertiary/aromatic N) is 3. The Balaban J connectivity index is 1.94. The van der Waals surface area contributed by atoms with Crippen molar-refractivity contribution in [1.29, 1.82) is 0 Å². The van der Waals surface area contributed by atoms with Crippen LogP contribution in [-0.4, -0.2) is 42.0 Å². The number of likely N-dealkylation sites (N-methyl/N-ethyl adjacent to an activating group) is 1. The fourth-order valence-corrected chi connectivity index (χ4v) is 2.83. The minimum Gasteiger partial charge on any atom is -0.497 e. The van der Waals surface area contributed by atoms with Gasteiger partial charge < -0.3 is 15.0 Å². The Morgan fingerprint density at radius 2 is 2.12 bits per heavy atom. The van der Waals surface area contributed by atoms with Gasteiger partial charge in [0, 0.05) is 31.0 Å². The Bertz CT molecular complexity index is 702. The van der Waals surface area contributed by atoms with Crippen molar-refractivity contribution in [3.8, 4) is 5.75 Å². The average Bonchev–Trinajstić information content (AvgIpc) is 3.03. The first-order valence-corrected chi connectivity index (χ1v) is 9.12. The minimum atomic E-state index is -0.00625. The average molecular weight is 362 g/mol. The Hall–Kier alpha value is -2.15. The largest absolute Gasteiger partial charge is 0.497 e. The quantitative estimate of drug-likeness (QED) is 0.782. The highest BCUT2D eigenvalue weighted by molar-refractivity contribution is 7.09. The van der Waals surface area contributed by atoms with Crippen LogP contribution >= 0.6 is 11.5 Å². The molecule has 2 aromatic rings. The van der Waals surface area contributed by atoms with E-state index in [9.17, 15) is 4.79 Å². The van der Waals surface area contributed by atoms with Gasteiger partial charge in [0.2, 0.25) is 11.0 Å². The van der Waals surface area contributed by atoms with Gasteiger partial charge in [0.1, 0.15) is 11.6 Å². The number of aromatic nitrogens is 2. The molecule has 0 spiro atoms. The second-order valence-corrected chi connectivity index (χ2v) is 7.21. The van der Waals surface area contributed by atoms with Gasteiger partial charge in [0.25, 0.3) is 0 Å². The van der Waals surface area contributed by atoms with Gasteiger partial charge in [-0.3, -0.25) is 4.79 Å². The number of nitrogens with one attached hydrogen (secondary N) is 1. The van der Waals surface area contributed by atoms with Gasteiger partial charge in [-0.15, -0.1) is 0 Å². The van der Waals surface area contributed by atoms with Gasteiger partial charge in [-0.25, -0.2) is 4.98 Å². The van der Waals surface area contributed by atoms with Crippen molar-refractivity contribution in [2.45, 2.75) is 33.2 Å². The molecule has 0 fully saturated rings. The molecule has 0 saturated carbocycles. The predicted octanol–water partition coefficient (Wildman–Crippen LogP) is 2.73. The Kier molecular flexibility index (Phi) is 6.75. The molecule has 0 aliphatic rings. The molecule has 1 aromatic heterocycles. The van der Waals surface area contributed by atoms with E-state index in [4.69, 9.17) is 4.74 Å². The number of carbonyl (C=O) groups excluding carboxylic acids is 1. The summed E-state index contributed by atoms with van der Waals surface area (Å²) in [7, 11) is 3.51. The van der Waals surface area contributed by atoms with E-state index < -0.39 is 0 Å². The van der Waals surface area contributed by atoms with E-state index in [-0.39, 0.29) is 18.5 Å². The van der Waals surface area contributed by atoms with Gasteiger partial charge in [-0.1, -0.05) is 26.0 Å². The van der Waals surface area contributed by atoms with Crippen LogP contribution in [-0.2, 0) is 11.2 Å². The number of hydrogen-bond acceptors (Lipinski definition) is 6. The number of hydrogen-bond donors (Lipinski definition) is 1. The highest BCUT2D eigenvalue weighted by atomic mass is 32.1. The number of ether oxygens (including phenoxy) is 1. The number of methoxy groups -OCH3 is 1. The number of amides is 1. The first-order chi connectivity index (χ1) is 11.9. The third-order valence-corrected chi connectivity index (χ3v) is 4.92. The zero-order chi connectivity index (χ0) is 18.4. The van der Waals surface area contributed by atoms with E-state index in [0.29, 0.717) is 12.3 Å². The van der Waals surface area contributed by atoms with Crippen LogP contribution in [0.5, 0.6) is 5.75 Å². The molecule has 0 aliphatic carbocycles. The minimum absolute atomic E-state index is 0.00625. The number of rotatable bonds is 8. The van der Waals surface area contributed by atoms with Crippen molar-refractivity contribution in [1.82, 2.24) is 14.7 Å². The lowest BCUT2D eigenvalue weighted by molar-refractivity contribution is -0.120. The number of benzene rings is 1. The Labute approximate surface area is 153 Å². The van der Waals surface area contributed by atoms with E-state index in [2.05, 4.69) is 28.5 Å². The molecule has 0 saturated heterocycles. The second-order valence-electron chi connectivity index (χ2n) is 6.48. The molecule has 1 heterocycles. The molecule has 7 heteroatoms. The van der Waals surface area contributed by atoms with Crippen molar-refractivity contribution in [2.75, 3.05) is 25.6 Å². The lowest BCUT2D eigenvalue weighted by Gasteiger charge is -2.20. The lowest BCUT2D eigenvalue weighted by atomic mass is 10.1. The molecule has 0 bridgehead atoms. The van der Waals surface area contributed by atoms with Crippen LogP contribution in [0.3, 0.4) is 0 Å². The van der Waals surface area contributed by atoms with Gasteiger partial charge in [0.05, 0.1) is 13.7 Å². The first-order valence-electron chi connectivity index (χ1n) is 8.35. The smallest absolute Gasteiger partial charge is 0.239 e. The summed E-state index contributed by atoms with van der Waals surface area (Å²) in [6, 6.07) is 8.01. The van der Waals surface area contributed by atoms with Crippen LogP contribution in [0.15, 0.2) is 24.3 Å². The zero-order valence-electron chi connectivity index (χ0n) is 15.4. The van der Waals surface area contributed by atoms with Crippen molar-refractivity contribution in [3.63, 3.8) is 0 Å². The van der Waals surface area contributed by atoms with E-state index in [0.717, 1.165) is 22.3 Å². The number of carbonyl (C=O) groups is 1. The molecule has 0 radical (unpaired) electrons. The van der Waals surface area contributed by atoms with Crippen molar-refractivity contribution >= 4 is 22.6 Å². The Morgan fingerprint density at radius 3 is 2.80 bits per heavy atom. The van der Waals surface area contributed by atoms with Gasteiger partial charge in [-0.05, 0) is 30.5 Å². The van der Waals surface area contributed by atoms with E-state index in [1.165, 1.54) is 11.5 Å². The second kappa shape index (κ2) is 8.80. The van der Waals surface area contributed by atoms with Gasteiger partial charge in [0.15, 0.2) is 0 Å². The SMILES string of the molecule is COc1cccc(Cc2nsc(N(C)CC(=O)NC(C)C(C)C)n2)c1. The monoisotopic (exact) mass is 362 g/mol. The summed E-state index contributed by atoms with van der Waals surface area (Å²) < 4.78 is 9.64. The third-order valence-electron chi connectivity index (χ3n) is 4.05. The highest BCUT2D eigenvalue weighted by Crippen LogP contribution is 2.19. The molecular weight excluding hydrogens is 336 g/mol. The molecule has 6 nitrogen and oxygen atoms in total. The lowest BCUT2D eigenvalue weighted by Crippen LogP contribution is -2.41. The van der Waals surface area contributed by atoms with E-state index >= 15 is 0 Å². The summed E-state index contributed by atoms with van der Waals surface area (Å²) in [6.45, 7) is 6.46. The van der Waals surface area contributed by atoms with E-state index in [1.807, 2.05) is 43.1 Å². The normalized spacial score (nSPS) is 12.1. The van der Waals surface area contributed by atoms with Crippen LogP contribution in [0.25, 0.3) is 0 Å². The highest BCUT2D eigenvalue weighted by Gasteiger charge is 2.15. The van der Waals surface area contributed by atoms with E-state index in [1.54, 1.807) is 7.11 Å². The molecule has 2 rings (SSSR count). The first kappa shape index (κ1) is 19.2. The fraction of sp³-hybridized carbons (Fsp3) is 0.500. The maximum absolute atomic E-state index is 12.1. The van der Waals surface area contributed by atoms with Crippen LogP contribution < -0.4 is 15.0 Å². The van der Waals surface area contributed by atoms with Crippen LogP contribution in [0, 0.1) is 5.92 Å². The zero-order valence-corrected chi connectivity index (χ0v) is 16.3. The third kappa shape index (κ3) is 5.70. The van der Waals surface area contributed by atoms with Crippen LogP contribution in [0.1, 0.15) is 32.2 Å². The van der Waals surface area contributed by atoms with Crippen LogP contribution in [0.2, 0.25) is 0 Å². The summed E-state index contributed by atoms with van der Waals surface area (Å²) >= 11 is 1.31. The van der Waals surface area contributed by atoms with Crippen molar-refractivity contribution in [2.24, 2.45) is 5.92 Å². The fourth-order valence-electron chi connectivity index (χ4n) is 2.19. The molecule has 1 atom stereocenters. The van der Waals surface area contributed by atoms with Crippen molar-refractivity contribution < 1.29 is 9.53 Å². The summed E-state index contributed by atoms with van der Waals surface area (Å²) in [5.74, 6) is 1.97. The summed E-state index contributed by atoms with van der Waals surface area (Å²) in [4.78, 5) is 18.5. The molecule has 1 aromatic carbocycles. The summed E-state index contributed by atoms with van der Waals surface area (Å²) in [5, 5.41) is 3.74. The summed E-state index contributed by atoms with van der Waals surface area (Å²) in [6.07, 6.45) is 0.637. The molecule has 25 heavy (non-hydrogen) atoms. The Morgan fingerprint density at radius 1 is 1.36 bits per heavy atom. The molecule has 1 amide bonds. The molecule has 136 valence electrons. The van der Waals surface area contributed by atoms with Gasteiger partial charge in [-0.2, -0.15) is 4.37 Å². The standard InChI is InChI=1S/C18H26N4O2S/c1-12(2)13(3)19-17(23)11-22(4)18-20-16(21-25-18)10-14-7-6-8-15(9-14)24-5/h6-9,12-13H,10-11H2,1-5H3,(H,19,23). The summed E-state index contributed by atoms with van der Waals surface area (Å²) in [5.41, 5.74) is 1.09.